The number of aliphatic imine (C=N–C) groups is 1. The number of nitrogens with one attached hydrogen (secondary N) is 1. The smallest absolute Gasteiger partial charge is 0.338 e. The molecule has 3 N–H and O–H groups in total. The summed E-state index contributed by atoms with van der Waals surface area (Å²) in [7, 11) is 1.35. The van der Waals surface area contributed by atoms with Crippen molar-refractivity contribution in [2.75, 3.05) is 12.4 Å². The third-order valence-electron chi connectivity index (χ3n) is 7.41. The van der Waals surface area contributed by atoms with Gasteiger partial charge in [-0.05, 0) is 36.4 Å². The number of benzene rings is 3. The highest BCUT2D eigenvalue weighted by Gasteiger charge is 2.53. The summed E-state index contributed by atoms with van der Waals surface area (Å²) in [6.07, 6.45) is -5.72. The summed E-state index contributed by atoms with van der Waals surface area (Å²) >= 11 is 0. The molecule has 0 unspecified atom stereocenters. The minimum atomic E-state index is -1.40. The molecule has 6 rings (SSSR count). The van der Waals surface area contributed by atoms with E-state index in [0.29, 0.717) is 11.5 Å². The van der Waals surface area contributed by atoms with Gasteiger partial charge >= 0.3 is 17.9 Å². The monoisotopic (exact) mass is 626 g/mol. The van der Waals surface area contributed by atoms with Gasteiger partial charge in [-0.25, -0.2) is 19.1 Å². The molecule has 3 aromatic carbocycles. The second-order valence-electron chi connectivity index (χ2n) is 10.4. The predicted molar refractivity (Wildman–Crippen MR) is 162 cm³/mol. The lowest BCUT2D eigenvalue weighted by Gasteiger charge is -2.44. The Morgan fingerprint density at radius 1 is 0.783 bits per heavy atom. The summed E-state index contributed by atoms with van der Waals surface area (Å²) in [5.74, 6) is -1.75. The Morgan fingerprint density at radius 2 is 1.28 bits per heavy atom. The predicted octanol–water partition coefficient (Wildman–Crippen LogP) is 2.74. The molecule has 0 radical (unpaired) electrons. The van der Waals surface area contributed by atoms with Gasteiger partial charge in [0, 0.05) is 7.11 Å². The highest BCUT2D eigenvalue weighted by atomic mass is 16.7. The molecule has 3 heterocycles. The first-order chi connectivity index (χ1) is 22.4. The first kappa shape index (κ1) is 30.6. The third kappa shape index (κ3) is 6.49. The summed E-state index contributed by atoms with van der Waals surface area (Å²) in [5, 5.41) is 11.3. The van der Waals surface area contributed by atoms with Gasteiger partial charge < -0.3 is 34.7 Å². The molecular formula is C32H30N6O8. The van der Waals surface area contributed by atoms with E-state index in [1.165, 1.54) is 18.1 Å². The standard InChI is InChI=1S/C32H30N6O8/c1-42-32-26(46-31(41)21-15-9-4-10-16-21)25(45-30(40)20-13-7-3-8-14-20)24(44-29(39)19-11-5-2-6-12-19)22(43-32)17-38-28-23(36-37-38)27(33)34-18-35-28/h2-16,18,22,24-27,32H,17,33H2,1H3,(H,34,35)/t22-,24-,25+,26-,27+,32+/m1/s1. The van der Waals surface area contributed by atoms with Crippen LogP contribution in [0, 0.1) is 0 Å². The van der Waals surface area contributed by atoms with Gasteiger partial charge in [0.2, 0.25) is 0 Å². The van der Waals surface area contributed by atoms with Gasteiger partial charge in [-0.2, -0.15) is 0 Å². The van der Waals surface area contributed by atoms with E-state index in [2.05, 4.69) is 20.6 Å². The van der Waals surface area contributed by atoms with Crippen molar-refractivity contribution in [1.29, 1.82) is 0 Å². The summed E-state index contributed by atoms with van der Waals surface area (Å²) in [5.41, 5.74) is 7.15. The Kier molecular flexibility index (Phi) is 9.10. The van der Waals surface area contributed by atoms with Crippen LogP contribution in [0.5, 0.6) is 0 Å². The lowest BCUT2D eigenvalue weighted by atomic mass is 9.97. The summed E-state index contributed by atoms with van der Waals surface area (Å²) in [6, 6.07) is 24.8. The second-order valence-corrected chi connectivity index (χ2v) is 10.4. The van der Waals surface area contributed by atoms with Crippen molar-refractivity contribution < 1.29 is 38.1 Å². The van der Waals surface area contributed by atoms with Crippen LogP contribution in [0.3, 0.4) is 0 Å². The lowest BCUT2D eigenvalue weighted by molar-refractivity contribution is -0.289. The van der Waals surface area contributed by atoms with Crippen molar-refractivity contribution in [1.82, 2.24) is 15.0 Å². The van der Waals surface area contributed by atoms with Crippen molar-refractivity contribution in [3.8, 4) is 0 Å². The average Bonchev–Trinajstić information content (AvgIpc) is 3.51. The fourth-order valence-electron chi connectivity index (χ4n) is 5.14. The zero-order chi connectivity index (χ0) is 32.0. The molecule has 14 heteroatoms. The Morgan fingerprint density at radius 3 is 1.80 bits per heavy atom. The highest BCUT2D eigenvalue weighted by Crippen LogP contribution is 2.33. The van der Waals surface area contributed by atoms with Gasteiger partial charge in [-0.15, -0.1) is 5.10 Å². The number of esters is 3. The average molecular weight is 627 g/mol. The quantitative estimate of drug-likeness (QED) is 0.205. The molecule has 0 bridgehead atoms. The van der Waals surface area contributed by atoms with E-state index in [4.69, 9.17) is 29.4 Å². The van der Waals surface area contributed by atoms with Crippen molar-refractivity contribution in [2.24, 2.45) is 10.7 Å². The molecule has 2 aliphatic heterocycles. The largest absolute Gasteiger partial charge is 0.452 e. The fourth-order valence-corrected chi connectivity index (χ4v) is 5.14. The summed E-state index contributed by atoms with van der Waals surface area (Å²) in [4.78, 5) is 44.4. The zero-order valence-electron chi connectivity index (χ0n) is 24.5. The maximum Gasteiger partial charge on any atom is 0.338 e. The third-order valence-corrected chi connectivity index (χ3v) is 7.41. The molecule has 46 heavy (non-hydrogen) atoms. The fraction of sp³-hybridized carbons (Fsp3) is 0.250. The van der Waals surface area contributed by atoms with Crippen molar-refractivity contribution in [2.45, 2.75) is 43.4 Å². The van der Waals surface area contributed by atoms with Crippen LogP contribution >= 0.6 is 0 Å². The number of carbonyl (C=O) groups excluding carboxylic acids is 3. The number of fused-ring (bicyclic) bond motifs is 1. The molecule has 0 amide bonds. The number of rotatable bonds is 9. The normalized spacial score (nSPS) is 23.4. The number of nitrogens with two attached hydrogens (primary N) is 1. The maximum absolute atomic E-state index is 13.5. The van der Waals surface area contributed by atoms with Crippen LogP contribution in [0.25, 0.3) is 0 Å². The number of nitrogens with zero attached hydrogens (tertiary/aromatic N) is 4. The first-order valence-corrected chi connectivity index (χ1v) is 14.4. The van der Waals surface area contributed by atoms with Crippen LogP contribution in [0.1, 0.15) is 42.9 Å². The van der Waals surface area contributed by atoms with E-state index >= 15 is 0 Å². The van der Waals surface area contributed by atoms with E-state index < -0.39 is 54.8 Å². The number of aromatic nitrogens is 3. The highest BCUT2D eigenvalue weighted by molar-refractivity contribution is 5.91. The molecule has 0 spiro atoms. The van der Waals surface area contributed by atoms with Crippen molar-refractivity contribution >= 4 is 30.1 Å². The van der Waals surface area contributed by atoms with E-state index in [1.54, 1.807) is 91.0 Å². The van der Waals surface area contributed by atoms with E-state index in [0.717, 1.165) is 0 Å². The van der Waals surface area contributed by atoms with Crippen LogP contribution in [-0.4, -0.2) is 77.1 Å². The second kappa shape index (κ2) is 13.7. The number of ether oxygens (including phenoxy) is 5. The van der Waals surface area contributed by atoms with E-state index in [1.807, 2.05) is 0 Å². The van der Waals surface area contributed by atoms with Gasteiger partial charge in [0.25, 0.3) is 0 Å². The van der Waals surface area contributed by atoms with Crippen LogP contribution in [0.4, 0.5) is 5.82 Å². The van der Waals surface area contributed by atoms with Gasteiger partial charge in [0.05, 0.1) is 29.6 Å². The Hall–Kier alpha value is -5.44. The number of hydrogen-bond acceptors (Lipinski definition) is 13. The summed E-state index contributed by atoms with van der Waals surface area (Å²) in [6.45, 7) is -0.0682. The van der Waals surface area contributed by atoms with Crippen molar-refractivity contribution in [3.63, 3.8) is 0 Å². The SMILES string of the molecule is CO[C@H]1O[C@H](Cn2nnc3c2NC=N[C@@H]3N)[C@@H](OC(=O)c2ccccc2)[C@H](OC(=O)c2ccccc2)[C@H]1OC(=O)c1ccccc1. The number of carbonyl (C=O) groups is 3. The number of methoxy groups -OCH3 is 1. The first-order valence-electron chi connectivity index (χ1n) is 14.4. The molecule has 1 fully saturated rings. The van der Waals surface area contributed by atoms with Gasteiger partial charge in [0.15, 0.2) is 30.4 Å². The van der Waals surface area contributed by atoms with Crippen LogP contribution in [-0.2, 0) is 30.2 Å². The zero-order valence-corrected chi connectivity index (χ0v) is 24.5. The molecular weight excluding hydrogens is 596 g/mol. The molecule has 4 aromatic rings. The molecule has 14 nitrogen and oxygen atoms in total. The number of anilines is 1. The van der Waals surface area contributed by atoms with Crippen molar-refractivity contribution in [3.05, 3.63) is 113 Å². The number of hydrogen-bond donors (Lipinski definition) is 2. The minimum absolute atomic E-state index is 0.0682. The minimum Gasteiger partial charge on any atom is -0.452 e. The van der Waals surface area contributed by atoms with Crippen LogP contribution in [0.2, 0.25) is 0 Å². The van der Waals surface area contributed by atoms with Gasteiger partial charge in [-0.3, -0.25) is 4.99 Å². The van der Waals surface area contributed by atoms with Crippen LogP contribution in [0.15, 0.2) is 96.0 Å². The molecule has 6 atom stereocenters. The molecule has 2 aliphatic rings. The lowest BCUT2D eigenvalue weighted by Crippen LogP contribution is -2.62. The molecule has 0 aliphatic carbocycles. The maximum atomic E-state index is 13.5. The molecule has 1 saturated heterocycles. The topological polar surface area (TPSA) is 178 Å². The van der Waals surface area contributed by atoms with Gasteiger partial charge in [-0.1, -0.05) is 59.8 Å². The van der Waals surface area contributed by atoms with Crippen LogP contribution < -0.4 is 11.1 Å². The molecule has 1 aromatic heterocycles. The Labute approximate surface area is 263 Å². The van der Waals surface area contributed by atoms with E-state index in [9.17, 15) is 14.4 Å². The Bertz CT molecular complexity index is 1700. The van der Waals surface area contributed by atoms with E-state index in [-0.39, 0.29) is 23.2 Å². The summed E-state index contributed by atoms with van der Waals surface area (Å²) < 4.78 is 31.4. The Balaban J connectivity index is 1.39. The molecule has 236 valence electrons. The molecule has 0 saturated carbocycles. The van der Waals surface area contributed by atoms with Gasteiger partial charge in [0.1, 0.15) is 18.0 Å².